The van der Waals surface area contributed by atoms with Crippen LogP contribution in [0.5, 0.6) is 0 Å². The Hall–Kier alpha value is -2.69. The first-order valence-electron chi connectivity index (χ1n) is 6.99. The Morgan fingerprint density at radius 1 is 1.27 bits per heavy atom. The number of nitrogens with zero attached hydrogens (tertiary/aromatic N) is 2. The van der Waals surface area contributed by atoms with Crippen molar-refractivity contribution < 1.29 is 14.3 Å². The molecule has 114 valence electrons. The van der Waals surface area contributed by atoms with Gasteiger partial charge in [0.25, 0.3) is 0 Å². The molecule has 0 saturated carbocycles. The Bertz CT molecular complexity index is 684. The average Bonchev–Trinajstić information content (AvgIpc) is 2.93. The summed E-state index contributed by atoms with van der Waals surface area (Å²) in [6.07, 6.45) is 6.70. The summed E-state index contributed by atoms with van der Waals surface area (Å²) < 4.78 is 6.51. The van der Waals surface area contributed by atoms with E-state index in [0.717, 1.165) is 11.1 Å². The minimum atomic E-state index is -0.309. The largest absolute Gasteiger partial charge is 0.464 e. The van der Waals surface area contributed by atoms with Crippen molar-refractivity contribution in [3.63, 3.8) is 0 Å². The van der Waals surface area contributed by atoms with E-state index < -0.39 is 0 Å². The molecule has 0 N–H and O–H groups in total. The van der Waals surface area contributed by atoms with Gasteiger partial charge in [-0.3, -0.25) is 14.3 Å². The van der Waals surface area contributed by atoms with Crippen LogP contribution in [-0.2, 0) is 16.1 Å². The lowest BCUT2D eigenvalue weighted by Gasteiger charge is -2.01. The van der Waals surface area contributed by atoms with Crippen LogP contribution in [-0.4, -0.2) is 28.1 Å². The van der Waals surface area contributed by atoms with Gasteiger partial charge >= 0.3 is 5.97 Å². The Labute approximate surface area is 129 Å². The number of benzene rings is 1. The quantitative estimate of drug-likeness (QED) is 0.467. The molecule has 0 amide bonds. The third-order valence-electron chi connectivity index (χ3n) is 3.04. The minimum Gasteiger partial charge on any atom is -0.464 e. The molecule has 1 heterocycles. The molecular formula is C17H18N2O3. The van der Waals surface area contributed by atoms with E-state index in [9.17, 15) is 9.59 Å². The molecule has 0 aliphatic heterocycles. The van der Waals surface area contributed by atoms with Crippen LogP contribution in [0.2, 0.25) is 0 Å². The number of carbonyl (C=O) groups excluding carboxylic acids is 2. The second-order valence-corrected chi connectivity index (χ2v) is 4.94. The van der Waals surface area contributed by atoms with Crippen molar-refractivity contribution in [3.8, 4) is 0 Å². The molecule has 0 atom stereocenters. The summed E-state index contributed by atoms with van der Waals surface area (Å²) >= 11 is 0. The number of hydrogen-bond acceptors (Lipinski definition) is 4. The van der Waals surface area contributed by atoms with Gasteiger partial charge in [-0.05, 0) is 19.1 Å². The van der Waals surface area contributed by atoms with E-state index in [-0.39, 0.29) is 18.4 Å². The van der Waals surface area contributed by atoms with E-state index in [4.69, 9.17) is 4.74 Å². The fourth-order valence-corrected chi connectivity index (χ4v) is 1.86. The van der Waals surface area contributed by atoms with Crippen molar-refractivity contribution in [2.24, 2.45) is 0 Å². The maximum Gasteiger partial charge on any atom is 0.302 e. The topological polar surface area (TPSA) is 61.2 Å². The first kappa shape index (κ1) is 15.7. The summed E-state index contributed by atoms with van der Waals surface area (Å²) in [6, 6.07) is 7.44. The zero-order valence-electron chi connectivity index (χ0n) is 12.7. The average molecular weight is 298 g/mol. The van der Waals surface area contributed by atoms with Crippen molar-refractivity contribution in [2.75, 3.05) is 6.61 Å². The number of rotatable bonds is 6. The Morgan fingerprint density at radius 3 is 2.68 bits per heavy atom. The molecule has 1 aromatic heterocycles. The lowest BCUT2D eigenvalue weighted by Crippen LogP contribution is -2.08. The molecule has 1 aromatic carbocycles. The van der Waals surface area contributed by atoms with Crippen molar-refractivity contribution >= 4 is 17.8 Å². The van der Waals surface area contributed by atoms with Crippen LogP contribution in [0, 0.1) is 6.92 Å². The molecule has 2 rings (SSSR count). The van der Waals surface area contributed by atoms with Gasteiger partial charge < -0.3 is 4.74 Å². The summed E-state index contributed by atoms with van der Waals surface area (Å²) in [5.74, 6) is -0.358. The molecule has 0 aliphatic carbocycles. The number of aromatic nitrogens is 2. The monoisotopic (exact) mass is 298 g/mol. The zero-order valence-corrected chi connectivity index (χ0v) is 12.7. The molecule has 5 heteroatoms. The lowest BCUT2D eigenvalue weighted by molar-refractivity contribution is -0.141. The molecule has 0 aliphatic rings. The highest BCUT2D eigenvalue weighted by molar-refractivity contribution is 6.06. The smallest absolute Gasteiger partial charge is 0.302 e. The van der Waals surface area contributed by atoms with Crippen molar-refractivity contribution in [2.45, 2.75) is 20.4 Å². The van der Waals surface area contributed by atoms with Crippen molar-refractivity contribution in [3.05, 3.63) is 59.4 Å². The van der Waals surface area contributed by atoms with Gasteiger partial charge in [-0.15, -0.1) is 0 Å². The van der Waals surface area contributed by atoms with Crippen LogP contribution in [0.25, 0.3) is 6.08 Å². The number of ketones is 1. The van der Waals surface area contributed by atoms with Gasteiger partial charge in [0.15, 0.2) is 5.78 Å². The second kappa shape index (κ2) is 7.36. The fraction of sp³-hybridized carbons (Fsp3) is 0.235. The third kappa shape index (κ3) is 4.70. The standard InChI is InChI=1S/C17H18N2O3/c1-13-3-6-16(7-4-13)17(21)8-5-15-11-18-19(12-15)9-10-22-14(2)20/h3-8,11-12H,9-10H2,1-2H3. The highest BCUT2D eigenvalue weighted by Crippen LogP contribution is 2.07. The number of hydrogen-bond donors (Lipinski definition) is 0. The van der Waals surface area contributed by atoms with Gasteiger partial charge in [-0.2, -0.15) is 5.10 Å². The van der Waals surface area contributed by atoms with Crippen LogP contribution in [0.1, 0.15) is 28.4 Å². The summed E-state index contributed by atoms with van der Waals surface area (Å²) in [4.78, 5) is 22.7. The van der Waals surface area contributed by atoms with E-state index in [0.29, 0.717) is 12.1 Å². The van der Waals surface area contributed by atoms with Gasteiger partial charge in [0, 0.05) is 24.2 Å². The number of ether oxygens (including phenoxy) is 1. The number of allylic oxidation sites excluding steroid dienone is 1. The fourth-order valence-electron chi connectivity index (χ4n) is 1.86. The lowest BCUT2D eigenvalue weighted by atomic mass is 10.1. The third-order valence-corrected chi connectivity index (χ3v) is 3.04. The van der Waals surface area contributed by atoms with Crippen LogP contribution >= 0.6 is 0 Å². The van der Waals surface area contributed by atoms with E-state index in [1.54, 1.807) is 23.2 Å². The highest BCUT2D eigenvalue weighted by atomic mass is 16.5. The summed E-state index contributed by atoms with van der Waals surface area (Å²) in [7, 11) is 0. The van der Waals surface area contributed by atoms with Crippen molar-refractivity contribution in [1.82, 2.24) is 9.78 Å². The molecule has 5 nitrogen and oxygen atoms in total. The van der Waals surface area contributed by atoms with Gasteiger partial charge in [0.2, 0.25) is 0 Å². The molecule has 0 fully saturated rings. The molecular weight excluding hydrogens is 280 g/mol. The summed E-state index contributed by atoms with van der Waals surface area (Å²) in [6.45, 7) is 4.12. The number of carbonyl (C=O) groups is 2. The first-order valence-corrected chi connectivity index (χ1v) is 6.99. The maximum absolute atomic E-state index is 12.0. The predicted molar refractivity (Wildman–Crippen MR) is 83.4 cm³/mol. The highest BCUT2D eigenvalue weighted by Gasteiger charge is 2.02. The maximum atomic E-state index is 12.0. The Balaban J connectivity index is 1.92. The number of esters is 1. The molecule has 0 radical (unpaired) electrons. The molecule has 0 bridgehead atoms. The van der Waals surface area contributed by atoms with Gasteiger partial charge in [0.1, 0.15) is 6.61 Å². The Morgan fingerprint density at radius 2 is 2.00 bits per heavy atom. The normalized spacial score (nSPS) is 10.8. The molecule has 0 spiro atoms. The molecule has 0 unspecified atom stereocenters. The van der Waals surface area contributed by atoms with Gasteiger partial charge in [-0.25, -0.2) is 0 Å². The van der Waals surface area contributed by atoms with E-state index >= 15 is 0 Å². The zero-order chi connectivity index (χ0) is 15.9. The van der Waals surface area contributed by atoms with Crippen LogP contribution < -0.4 is 0 Å². The SMILES string of the molecule is CC(=O)OCCn1cc(C=CC(=O)c2ccc(C)cc2)cn1. The molecule has 22 heavy (non-hydrogen) atoms. The molecule has 0 saturated heterocycles. The van der Waals surface area contributed by atoms with E-state index in [1.165, 1.54) is 13.0 Å². The van der Waals surface area contributed by atoms with Crippen LogP contribution in [0.4, 0.5) is 0 Å². The number of aryl methyl sites for hydroxylation is 1. The van der Waals surface area contributed by atoms with Gasteiger partial charge in [-0.1, -0.05) is 29.8 Å². The van der Waals surface area contributed by atoms with Crippen molar-refractivity contribution in [1.29, 1.82) is 0 Å². The van der Waals surface area contributed by atoms with Gasteiger partial charge in [0.05, 0.1) is 12.7 Å². The Kier molecular flexibility index (Phi) is 5.25. The van der Waals surface area contributed by atoms with E-state index in [2.05, 4.69) is 5.10 Å². The van der Waals surface area contributed by atoms with Crippen LogP contribution in [0.15, 0.2) is 42.7 Å². The minimum absolute atomic E-state index is 0.0485. The summed E-state index contributed by atoms with van der Waals surface area (Å²) in [5, 5.41) is 4.14. The van der Waals surface area contributed by atoms with E-state index in [1.807, 2.05) is 31.2 Å². The molecule has 2 aromatic rings. The predicted octanol–water partition coefficient (Wildman–Crippen LogP) is 2.65. The second-order valence-electron chi connectivity index (χ2n) is 4.94. The first-order chi connectivity index (χ1) is 10.5. The summed E-state index contributed by atoms with van der Waals surface area (Å²) in [5.41, 5.74) is 2.60. The van der Waals surface area contributed by atoms with Crippen LogP contribution in [0.3, 0.4) is 0 Å².